The van der Waals surface area contributed by atoms with Crippen molar-refractivity contribution in [3.05, 3.63) is 50.9 Å². The van der Waals surface area contributed by atoms with Gasteiger partial charge in [0.2, 0.25) is 0 Å². The smallest absolute Gasteiger partial charge is 0.335 e. The van der Waals surface area contributed by atoms with Gasteiger partial charge in [-0.2, -0.15) is 0 Å². The minimum absolute atomic E-state index is 0.0211. The molecule has 1 N–H and O–H groups in total. The van der Waals surface area contributed by atoms with Gasteiger partial charge in [0.1, 0.15) is 11.9 Å². The van der Waals surface area contributed by atoms with Gasteiger partial charge in [-0.05, 0) is 102 Å². The van der Waals surface area contributed by atoms with E-state index in [1.165, 1.54) is 5.57 Å². The topological polar surface area (TPSA) is 86.0 Å². The van der Waals surface area contributed by atoms with Crippen LogP contribution >= 0.6 is 0 Å². The van der Waals surface area contributed by atoms with Crippen LogP contribution in [0, 0.1) is 42.4 Å². The van der Waals surface area contributed by atoms with Crippen molar-refractivity contribution in [2.45, 2.75) is 119 Å². The predicted octanol–water partition coefficient (Wildman–Crippen LogP) is 7.26. The number of hydrogen-bond donors (Lipinski definition) is 1. The van der Waals surface area contributed by atoms with Crippen LogP contribution in [0.4, 0.5) is 0 Å². The molecule has 0 saturated heterocycles. The second-order valence-corrected chi connectivity index (χ2v) is 13.5. The number of aliphatic hydroxyl groups excluding tert-OH is 1. The van der Waals surface area contributed by atoms with Crippen LogP contribution in [0.1, 0.15) is 103 Å². The highest BCUT2D eigenvalue weighted by atomic mass is 16.6. The summed E-state index contributed by atoms with van der Waals surface area (Å²) in [5.41, 5.74) is 3.16. The SMILES string of the molecule is C=C1CCC2C(C)(CCC=C(C)C)C(OC(=O)C(O)CC(C)C)CCC2(C)C1Cc1c(OC)oc(C)c(C)c1=O. The molecular formula is C34H52O6. The van der Waals surface area contributed by atoms with Gasteiger partial charge in [-0.3, -0.25) is 4.79 Å². The Hall–Kier alpha value is -2.34. The molecule has 1 heterocycles. The van der Waals surface area contributed by atoms with Gasteiger partial charge in [0.05, 0.1) is 12.7 Å². The first-order chi connectivity index (χ1) is 18.6. The van der Waals surface area contributed by atoms with Crippen LogP contribution in [0.5, 0.6) is 5.95 Å². The number of allylic oxidation sites excluding steroid dienone is 3. The Kier molecular flexibility index (Phi) is 10.2. The van der Waals surface area contributed by atoms with Gasteiger partial charge in [-0.1, -0.05) is 51.5 Å². The summed E-state index contributed by atoms with van der Waals surface area (Å²) < 4.78 is 17.6. The van der Waals surface area contributed by atoms with E-state index in [4.69, 9.17) is 13.9 Å². The van der Waals surface area contributed by atoms with Gasteiger partial charge in [0.25, 0.3) is 5.95 Å². The zero-order valence-electron chi connectivity index (χ0n) is 26.3. The van der Waals surface area contributed by atoms with Crippen molar-refractivity contribution in [1.82, 2.24) is 0 Å². The quantitative estimate of drug-likeness (QED) is 0.241. The van der Waals surface area contributed by atoms with Crippen molar-refractivity contribution in [3.8, 4) is 5.95 Å². The molecule has 224 valence electrons. The molecule has 6 heteroatoms. The summed E-state index contributed by atoms with van der Waals surface area (Å²) in [5.74, 6) is 0.873. The Balaban J connectivity index is 2.01. The first kappa shape index (κ1) is 32.2. The molecule has 3 rings (SSSR count). The molecule has 0 aromatic carbocycles. The number of aliphatic hydroxyl groups is 1. The third kappa shape index (κ3) is 6.42. The number of aryl methyl sites for hydroxylation is 1. The van der Waals surface area contributed by atoms with Crippen molar-refractivity contribution in [1.29, 1.82) is 0 Å². The van der Waals surface area contributed by atoms with E-state index in [-0.39, 0.29) is 40.1 Å². The molecule has 40 heavy (non-hydrogen) atoms. The van der Waals surface area contributed by atoms with Crippen molar-refractivity contribution in [2.75, 3.05) is 7.11 Å². The Bertz CT molecular complexity index is 1170. The van der Waals surface area contributed by atoms with Crippen LogP contribution in [0.15, 0.2) is 33.0 Å². The fourth-order valence-electron chi connectivity index (χ4n) is 7.61. The highest BCUT2D eigenvalue weighted by Gasteiger charge is 2.59. The number of rotatable bonds is 10. The fraction of sp³-hybridized carbons (Fsp3) is 0.706. The summed E-state index contributed by atoms with van der Waals surface area (Å²) in [6, 6.07) is 0. The lowest BCUT2D eigenvalue weighted by atomic mass is 9.45. The summed E-state index contributed by atoms with van der Waals surface area (Å²) in [4.78, 5) is 26.4. The molecule has 0 spiro atoms. The van der Waals surface area contributed by atoms with Crippen molar-refractivity contribution in [3.63, 3.8) is 0 Å². The molecule has 6 unspecified atom stereocenters. The average molecular weight is 557 g/mol. The highest BCUT2D eigenvalue weighted by molar-refractivity contribution is 5.74. The summed E-state index contributed by atoms with van der Waals surface area (Å²) in [5, 5.41) is 10.5. The van der Waals surface area contributed by atoms with Gasteiger partial charge >= 0.3 is 5.97 Å². The molecule has 2 aliphatic rings. The van der Waals surface area contributed by atoms with Gasteiger partial charge in [-0.25, -0.2) is 4.79 Å². The lowest BCUT2D eigenvalue weighted by molar-refractivity contribution is -0.189. The zero-order valence-corrected chi connectivity index (χ0v) is 26.3. The molecule has 0 amide bonds. The Labute approximate surface area is 241 Å². The maximum Gasteiger partial charge on any atom is 0.335 e. The number of carbonyl (C=O) groups excluding carboxylic acids is 1. The Morgan fingerprint density at radius 2 is 1.90 bits per heavy atom. The first-order valence-electron chi connectivity index (χ1n) is 15.0. The molecule has 2 saturated carbocycles. The monoisotopic (exact) mass is 556 g/mol. The Morgan fingerprint density at radius 3 is 2.50 bits per heavy atom. The Morgan fingerprint density at radius 1 is 1.23 bits per heavy atom. The van der Waals surface area contributed by atoms with Crippen molar-refractivity contribution in [2.24, 2.45) is 28.6 Å². The molecule has 6 nitrogen and oxygen atoms in total. The summed E-state index contributed by atoms with van der Waals surface area (Å²) >= 11 is 0. The minimum Gasteiger partial charge on any atom is -0.468 e. The molecule has 0 radical (unpaired) electrons. The maximum absolute atomic E-state index is 13.4. The molecule has 1 aromatic heterocycles. The number of fused-ring (bicyclic) bond motifs is 1. The third-order valence-corrected chi connectivity index (χ3v) is 10.0. The summed E-state index contributed by atoms with van der Waals surface area (Å²) in [6.45, 7) is 20.9. The lowest BCUT2D eigenvalue weighted by Crippen LogP contribution is -2.57. The molecule has 2 aliphatic carbocycles. The standard InChI is InChI=1S/C34H52O6/c1-20(2)12-11-16-34(9)28-14-13-22(5)26(19-25-30(36)23(6)24(7)39-32(25)38-10)33(28,8)17-15-29(34)40-31(37)27(35)18-21(3)4/h12,21,26-29,35H,5,11,13-19H2,1-4,6-10H3. The van der Waals surface area contributed by atoms with E-state index in [0.29, 0.717) is 42.1 Å². The molecule has 6 atom stereocenters. The number of ether oxygens (including phenoxy) is 2. The van der Waals surface area contributed by atoms with E-state index in [9.17, 15) is 14.7 Å². The van der Waals surface area contributed by atoms with Crippen LogP contribution in [0.3, 0.4) is 0 Å². The predicted molar refractivity (Wildman–Crippen MR) is 160 cm³/mol. The van der Waals surface area contributed by atoms with E-state index >= 15 is 0 Å². The number of hydrogen-bond acceptors (Lipinski definition) is 6. The molecule has 2 fully saturated rings. The molecule has 0 aliphatic heterocycles. The van der Waals surface area contributed by atoms with E-state index in [1.807, 2.05) is 13.8 Å². The lowest BCUT2D eigenvalue weighted by Gasteiger charge is -2.61. The summed E-state index contributed by atoms with van der Waals surface area (Å²) in [6.07, 6.45) is 6.93. The van der Waals surface area contributed by atoms with Crippen molar-refractivity contribution >= 4 is 5.97 Å². The maximum atomic E-state index is 13.4. The highest BCUT2D eigenvalue weighted by Crippen LogP contribution is 2.63. The van der Waals surface area contributed by atoms with Crippen LogP contribution in [0.25, 0.3) is 0 Å². The van der Waals surface area contributed by atoms with E-state index in [0.717, 1.165) is 37.7 Å². The van der Waals surface area contributed by atoms with Gasteiger partial charge in [0.15, 0.2) is 11.5 Å². The second kappa shape index (κ2) is 12.7. The van der Waals surface area contributed by atoms with E-state index in [1.54, 1.807) is 21.0 Å². The fourth-order valence-corrected chi connectivity index (χ4v) is 7.61. The second-order valence-electron chi connectivity index (χ2n) is 13.5. The van der Waals surface area contributed by atoms with Gasteiger partial charge < -0.3 is 19.0 Å². The van der Waals surface area contributed by atoms with Gasteiger partial charge in [-0.15, -0.1) is 0 Å². The molecule has 1 aromatic rings. The number of esters is 1. The van der Waals surface area contributed by atoms with Gasteiger partial charge in [0, 0.05) is 11.0 Å². The molecular weight excluding hydrogens is 504 g/mol. The summed E-state index contributed by atoms with van der Waals surface area (Å²) in [7, 11) is 1.55. The van der Waals surface area contributed by atoms with Crippen LogP contribution in [-0.4, -0.2) is 30.4 Å². The van der Waals surface area contributed by atoms with Crippen LogP contribution < -0.4 is 10.2 Å². The van der Waals surface area contributed by atoms with Crippen molar-refractivity contribution < 1.29 is 23.8 Å². The number of methoxy groups -OCH3 is 1. The normalized spacial score (nSPS) is 29.1. The largest absolute Gasteiger partial charge is 0.468 e. The minimum atomic E-state index is -1.11. The molecule has 0 bridgehead atoms. The zero-order chi connectivity index (χ0) is 30.0. The first-order valence-corrected chi connectivity index (χ1v) is 15.0. The van der Waals surface area contributed by atoms with Crippen LogP contribution in [0.2, 0.25) is 0 Å². The van der Waals surface area contributed by atoms with E-state index < -0.39 is 12.1 Å². The van der Waals surface area contributed by atoms with Crippen LogP contribution in [-0.2, 0) is 16.0 Å². The number of carbonyl (C=O) groups is 1. The third-order valence-electron chi connectivity index (χ3n) is 10.0. The average Bonchev–Trinajstić information content (AvgIpc) is 2.86. The van der Waals surface area contributed by atoms with E-state index in [2.05, 4.69) is 40.3 Å².